The van der Waals surface area contributed by atoms with Crippen LogP contribution in [-0.2, 0) is 0 Å². The number of nitrogens with one attached hydrogen (secondary N) is 3. The molecule has 1 fully saturated rings. The van der Waals surface area contributed by atoms with Gasteiger partial charge in [-0.05, 0) is 56.1 Å². The predicted molar refractivity (Wildman–Crippen MR) is 110 cm³/mol. The van der Waals surface area contributed by atoms with Crippen LogP contribution in [0.5, 0.6) is 5.75 Å². The van der Waals surface area contributed by atoms with Gasteiger partial charge in [-0.15, -0.1) is 0 Å². The smallest absolute Gasteiger partial charge is 0.227 e. The van der Waals surface area contributed by atoms with E-state index in [2.05, 4.69) is 25.8 Å². The second-order valence-corrected chi connectivity index (χ2v) is 7.19. The second kappa shape index (κ2) is 7.44. The number of aromatic nitrogens is 4. The van der Waals surface area contributed by atoms with E-state index in [1.165, 1.54) is 0 Å². The normalized spacial score (nSPS) is 15.1. The number of benzene rings is 2. The van der Waals surface area contributed by atoms with Crippen molar-refractivity contribution in [2.45, 2.75) is 12.8 Å². The summed E-state index contributed by atoms with van der Waals surface area (Å²) < 4.78 is 6.15. The molecule has 1 saturated heterocycles. The Labute approximate surface area is 162 Å². The molecule has 0 bridgehead atoms. The SMILES string of the molecule is c1cc(OCC2CCNCC2)c2nc(Nc3ccc4cn[nH]c4c3)ncc2c1. The van der Waals surface area contributed by atoms with E-state index in [1.807, 2.05) is 42.6 Å². The van der Waals surface area contributed by atoms with Crippen LogP contribution < -0.4 is 15.4 Å². The molecule has 2 aromatic carbocycles. The summed E-state index contributed by atoms with van der Waals surface area (Å²) in [4.78, 5) is 9.17. The van der Waals surface area contributed by atoms with Crippen molar-refractivity contribution in [2.24, 2.45) is 5.92 Å². The van der Waals surface area contributed by atoms with Crippen LogP contribution in [0.4, 0.5) is 11.6 Å². The van der Waals surface area contributed by atoms with Crippen molar-refractivity contribution >= 4 is 33.4 Å². The van der Waals surface area contributed by atoms with Crippen LogP contribution in [0.1, 0.15) is 12.8 Å². The summed E-state index contributed by atoms with van der Waals surface area (Å²) in [5, 5.41) is 15.7. The second-order valence-electron chi connectivity index (χ2n) is 7.19. The number of rotatable bonds is 5. The van der Waals surface area contributed by atoms with Gasteiger partial charge in [0.15, 0.2) is 0 Å². The predicted octanol–water partition coefficient (Wildman–Crippen LogP) is 3.63. The van der Waals surface area contributed by atoms with Crippen LogP contribution in [0.15, 0.2) is 48.8 Å². The van der Waals surface area contributed by atoms with Crippen LogP contribution in [0.2, 0.25) is 0 Å². The molecule has 0 aliphatic carbocycles. The Bertz CT molecular complexity index is 1100. The Kier molecular flexibility index (Phi) is 4.50. The molecule has 5 rings (SSSR count). The molecule has 0 spiro atoms. The Balaban J connectivity index is 1.39. The third-order valence-corrected chi connectivity index (χ3v) is 5.21. The number of fused-ring (bicyclic) bond motifs is 2. The highest BCUT2D eigenvalue weighted by molar-refractivity contribution is 5.86. The van der Waals surface area contributed by atoms with E-state index in [0.717, 1.165) is 65.8 Å². The summed E-state index contributed by atoms with van der Waals surface area (Å²) in [7, 11) is 0. The van der Waals surface area contributed by atoms with Crippen molar-refractivity contribution < 1.29 is 4.74 Å². The van der Waals surface area contributed by atoms with Gasteiger partial charge < -0.3 is 15.4 Å². The summed E-state index contributed by atoms with van der Waals surface area (Å²) in [5.41, 5.74) is 2.71. The average molecular weight is 374 g/mol. The number of anilines is 2. The van der Waals surface area contributed by atoms with E-state index in [-0.39, 0.29) is 0 Å². The number of H-pyrrole nitrogens is 1. The standard InChI is InChI=1S/C21H22N6O/c1-2-16-11-23-21(25-17-5-4-15-12-24-27-18(15)10-17)26-20(16)19(3-1)28-13-14-6-8-22-9-7-14/h1-5,10-12,14,22H,6-9,13H2,(H,24,27)(H,23,25,26). The summed E-state index contributed by atoms with van der Waals surface area (Å²) in [5.74, 6) is 1.95. The van der Waals surface area contributed by atoms with Crippen LogP contribution in [0, 0.1) is 5.92 Å². The Morgan fingerprint density at radius 3 is 2.93 bits per heavy atom. The van der Waals surface area contributed by atoms with Crippen LogP contribution in [0.25, 0.3) is 21.8 Å². The van der Waals surface area contributed by atoms with Gasteiger partial charge in [0, 0.05) is 22.7 Å². The minimum Gasteiger partial charge on any atom is -0.491 e. The van der Waals surface area contributed by atoms with Gasteiger partial charge in [0.1, 0.15) is 11.3 Å². The molecule has 4 aromatic rings. The van der Waals surface area contributed by atoms with Gasteiger partial charge in [-0.25, -0.2) is 9.97 Å². The van der Waals surface area contributed by atoms with Gasteiger partial charge in [0.05, 0.1) is 18.3 Å². The molecular formula is C21H22N6O. The lowest BCUT2D eigenvalue weighted by Gasteiger charge is -2.22. The van der Waals surface area contributed by atoms with Gasteiger partial charge in [0.2, 0.25) is 5.95 Å². The van der Waals surface area contributed by atoms with Crippen molar-refractivity contribution in [3.63, 3.8) is 0 Å². The van der Waals surface area contributed by atoms with E-state index < -0.39 is 0 Å². The van der Waals surface area contributed by atoms with Gasteiger partial charge in [-0.2, -0.15) is 5.10 Å². The van der Waals surface area contributed by atoms with Gasteiger partial charge in [0.25, 0.3) is 0 Å². The Morgan fingerprint density at radius 2 is 2.00 bits per heavy atom. The summed E-state index contributed by atoms with van der Waals surface area (Å²) >= 11 is 0. The molecule has 142 valence electrons. The van der Waals surface area contributed by atoms with Crippen molar-refractivity contribution in [2.75, 3.05) is 25.0 Å². The fourth-order valence-corrected chi connectivity index (χ4v) is 3.61. The van der Waals surface area contributed by atoms with Crippen LogP contribution in [-0.4, -0.2) is 39.9 Å². The minimum absolute atomic E-state index is 0.546. The highest BCUT2D eigenvalue weighted by Crippen LogP contribution is 2.27. The third kappa shape index (κ3) is 3.48. The number of hydrogen-bond donors (Lipinski definition) is 3. The summed E-state index contributed by atoms with van der Waals surface area (Å²) in [6.45, 7) is 2.87. The van der Waals surface area contributed by atoms with Crippen molar-refractivity contribution in [1.29, 1.82) is 0 Å². The summed E-state index contributed by atoms with van der Waals surface area (Å²) in [6.07, 6.45) is 5.94. The van der Waals surface area contributed by atoms with Crippen molar-refractivity contribution in [3.05, 3.63) is 48.8 Å². The lowest BCUT2D eigenvalue weighted by molar-refractivity contribution is 0.217. The molecule has 7 heteroatoms. The number of nitrogens with zero attached hydrogens (tertiary/aromatic N) is 3. The Hall–Kier alpha value is -3.19. The molecule has 3 N–H and O–H groups in total. The first-order valence-electron chi connectivity index (χ1n) is 9.64. The molecule has 0 radical (unpaired) electrons. The van der Waals surface area contributed by atoms with E-state index in [4.69, 9.17) is 9.72 Å². The molecule has 0 atom stereocenters. The minimum atomic E-state index is 0.546. The van der Waals surface area contributed by atoms with Gasteiger partial charge in [-0.1, -0.05) is 12.1 Å². The van der Waals surface area contributed by atoms with Crippen molar-refractivity contribution in [3.8, 4) is 5.75 Å². The third-order valence-electron chi connectivity index (χ3n) is 5.21. The number of piperidine rings is 1. The monoisotopic (exact) mass is 374 g/mol. The average Bonchev–Trinajstić information content (AvgIpc) is 3.21. The zero-order valence-electron chi connectivity index (χ0n) is 15.5. The van der Waals surface area contributed by atoms with Crippen molar-refractivity contribution in [1.82, 2.24) is 25.5 Å². The maximum absolute atomic E-state index is 6.15. The first-order valence-corrected chi connectivity index (χ1v) is 9.64. The van der Waals surface area contributed by atoms with Crippen LogP contribution >= 0.6 is 0 Å². The molecule has 28 heavy (non-hydrogen) atoms. The highest BCUT2D eigenvalue weighted by atomic mass is 16.5. The molecule has 2 aromatic heterocycles. The summed E-state index contributed by atoms with van der Waals surface area (Å²) in [6, 6.07) is 12.0. The molecule has 0 unspecified atom stereocenters. The number of hydrogen-bond acceptors (Lipinski definition) is 6. The lowest BCUT2D eigenvalue weighted by Crippen LogP contribution is -2.30. The first kappa shape index (κ1) is 16.9. The molecule has 7 nitrogen and oxygen atoms in total. The lowest BCUT2D eigenvalue weighted by atomic mass is 9.99. The quantitative estimate of drug-likeness (QED) is 0.494. The Morgan fingerprint density at radius 1 is 1.07 bits per heavy atom. The fourth-order valence-electron chi connectivity index (χ4n) is 3.61. The topological polar surface area (TPSA) is 87.8 Å². The van der Waals surface area contributed by atoms with E-state index in [9.17, 15) is 0 Å². The molecule has 1 aliphatic heterocycles. The number of ether oxygens (including phenoxy) is 1. The number of para-hydroxylation sites is 1. The first-order chi connectivity index (χ1) is 13.8. The van der Waals surface area contributed by atoms with Crippen LogP contribution in [0.3, 0.4) is 0 Å². The van der Waals surface area contributed by atoms with E-state index in [1.54, 1.807) is 6.20 Å². The zero-order chi connectivity index (χ0) is 18.8. The van der Waals surface area contributed by atoms with Gasteiger partial charge in [-0.3, -0.25) is 5.10 Å². The van der Waals surface area contributed by atoms with E-state index in [0.29, 0.717) is 11.9 Å². The molecule has 3 heterocycles. The highest BCUT2D eigenvalue weighted by Gasteiger charge is 2.15. The largest absolute Gasteiger partial charge is 0.491 e. The molecule has 1 aliphatic rings. The number of aromatic amines is 1. The zero-order valence-corrected chi connectivity index (χ0v) is 15.5. The maximum Gasteiger partial charge on any atom is 0.227 e. The molecular weight excluding hydrogens is 352 g/mol. The van der Waals surface area contributed by atoms with E-state index >= 15 is 0 Å². The molecule has 0 amide bonds. The molecule has 0 saturated carbocycles. The maximum atomic E-state index is 6.15. The fraction of sp³-hybridized carbons (Fsp3) is 0.286. The van der Waals surface area contributed by atoms with Gasteiger partial charge >= 0.3 is 0 Å².